The molecule has 5 heteroatoms. The molecule has 1 saturated carbocycles. The van der Waals surface area contributed by atoms with E-state index in [4.69, 9.17) is 0 Å². The van der Waals surface area contributed by atoms with Crippen LogP contribution in [0.15, 0.2) is 36.4 Å². The molecule has 2 heterocycles. The maximum absolute atomic E-state index is 12.9. The molecule has 1 aliphatic carbocycles. The molecule has 4 rings (SSSR count). The van der Waals surface area contributed by atoms with E-state index in [0.29, 0.717) is 18.2 Å². The van der Waals surface area contributed by atoms with Crippen molar-refractivity contribution in [2.24, 2.45) is 5.92 Å². The van der Waals surface area contributed by atoms with E-state index in [9.17, 15) is 4.79 Å². The predicted molar refractivity (Wildman–Crippen MR) is 97.5 cm³/mol. The van der Waals surface area contributed by atoms with Crippen molar-refractivity contribution in [3.05, 3.63) is 53.3 Å². The fraction of sp³-hybridized carbons (Fsp3) is 0.500. The third-order valence-corrected chi connectivity index (χ3v) is 5.33. The van der Waals surface area contributed by atoms with Crippen molar-refractivity contribution in [3.63, 3.8) is 0 Å². The summed E-state index contributed by atoms with van der Waals surface area (Å²) in [7, 11) is 0. The van der Waals surface area contributed by atoms with E-state index in [-0.39, 0.29) is 11.9 Å². The van der Waals surface area contributed by atoms with E-state index in [1.165, 1.54) is 12.8 Å². The molecule has 1 aromatic heterocycles. The maximum Gasteiger partial charge on any atom is 0.269 e. The van der Waals surface area contributed by atoms with Crippen LogP contribution in [0.4, 0.5) is 0 Å². The third-order valence-electron chi connectivity index (χ3n) is 5.33. The highest BCUT2D eigenvalue weighted by atomic mass is 16.2. The van der Waals surface area contributed by atoms with Crippen LogP contribution < -0.4 is 5.32 Å². The van der Waals surface area contributed by atoms with E-state index in [1.54, 1.807) is 0 Å². The van der Waals surface area contributed by atoms with Gasteiger partial charge in [0.1, 0.15) is 5.69 Å². The van der Waals surface area contributed by atoms with Crippen LogP contribution in [0.2, 0.25) is 0 Å². The Kier molecular flexibility index (Phi) is 4.34. The first kappa shape index (κ1) is 16.3. The van der Waals surface area contributed by atoms with Gasteiger partial charge in [-0.3, -0.25) is 14.4 Å². The first-order valence-corrected chi connectivity index (χ1v) is 9.23. The van der Waals surface area contributed by atoms with Crippen LogP contribution in [-0.2, 0) is 6.54 Å². The second kappa shape index (κ2) is 6.64. The molecule has 1 aromatic carbocycles. The minimum Gasteiger partial charge on any atom is -0.346 e. The van der Waals surface area contributed by atoms with E-state index in [0.717, 1.165) is 30.4 Å². The molecule has 1 N–H and O–H groups in total. The topological polar surface area (TPSA) is 50.2 Å². The van der Waals surface area contributed by atoms with Gasteiger partial charge in [-0.2, -0.15) is 5.10 Å². The molecule has 5 nitrogen and oxygen atoms in total. The number of likely N-dealkylation sites (tertiary alicyclic amines) is 1. The highest BCUT2D eigenvalue weighted by Crippen LogP contribution is 2.31. The number of carbonyl (C=O) groups excluding carboxylic acids is 1. The largest absolute Gasteiger partial charge is 0.346 e. The average Bonchev–Trinajstić information content (AvgIpc) is 3.29. The van der Waals surface area contributed by atoms with Crippen molar-refractivity contribution in [3.8, 4) is 0 Å². The molecule has 1 amide bonds. The van der Waals surface area contributed by atoms with Crippen LogP contribution in [-0.4, -0.2) is 45.8 Å². The lowest BCUT2D eigenvalue weighted by atomic mass is 10.1. The van der Waals surface area contributed by atoms with Crippen LogP contribution in [0.3, 0.4) is 0 Å². The number of hydrogen-bond donors (Lipinski definition) is 1. The van der Waals surface area contributed by atoms with Gasteiger partial charge in [-0.05, 0) is 37.3 Å². The first-order valence-electron chi connectivity index (χ1n) is 9.23. The summed E-state index contributed by atoms with van der Waals surface area (Å²) in [6.45, 7) is 6.86. The highest BCUT2D eigenvalue weighted by molar-refractivity contribution is 5.93. The molecule has 132 valence electrons. The Balaban J connectivity index is 1.46. The molecule has 25 heavy (non-hydrogen) atoms. The minimum absolute atomic E-state index is 0.00831. The number of carbonyl (C=O) groups is 1. The number of rotatable bonds is 5. The van der Waals surface area contributed by atoms with Crippen molar-refractivity contribution in [1.29, 1.82) is 0 Å². The van der Waals surface area contributed by atoms with Gasteiger partial charge in [0.15, 0.2) is 0 Å². The van der Waals surface area contributed by atoms with Gasteiger partial charge in [0.05, 0.1) is 12.2 Å². The van der Waals surface area contributed by atoms with Crippen molar-refractivity contribution >= 4 is 5.91 Å². The van der Waals surface area contributed by atoms with E-state index in [2.05, 4.69) is 34.4 Å². The zero-order valence-electron chi connectivity index (χ0n) is 15.0. The summed E-state index contributed by atoms with van der Waals surface area (Å²) in [6, 6.07) is 13.0. The van der Waals surface area contributed by atoms with Gasteiger partial charge in [0.2, 0.25) is 0 Å². The van der Waals surface area contributed by atoms with Crippen molar-refractivity contribution in [1.82, 2.24) is 20.0 Å². The molecule has 2 aliphatic rings. The molecular weight excluding hydrogens is 312 g/mol. The molecule has 0 radical (unpaired) electrons. The lowest BCUT2D eigenvalue weighted by Crippen LogP contribution is -2.40. The zero-order chi connectivity index (χ0) is 17.4. The standard InChI is InChI=1S/C20H26N4O/c1-14-11-23(17-8-9-17)13-18(14)21-20(25)19-10-15(2)22-24(19)12-16-6-4-3-5-7-16/h3-7,10,14,17-18H,8-9,11-13H2,1-2H3,(H,21,25)/t14-,18-/m0/s1. The SMILES string of the molecule is Cc1cc(C(=O)N[C@H]2CN(C3CC3)C[C@@H]2C)n(Cc2ccccc2)n1. The van der Waals surface area contributed by atoms with Crippen LogP contribution >= 0.6 is 0 Å². The minimum atomic E-state index is -0.00831. The van der Waals surface area contributed by atoms with Crippen molar-refractivity contribution < 1.29 is 4.79 Å². The summed E-state index contributed by atoms with van der Waals surface area (Å²) in [4.78, 5) is 15.4. The van der Waals surface area contributed by atoms with Gasteiger partial charge >= 0.3 is 0 Å². The van der Waals surface area contributed by atoms with Gasteiger partial charge in [0.25, 0.3) is 5.91 Å². The number of aryl methyl sites for hydroxylation is 1. The fourth-order valence-corrected chi connectivity index (χ4v) is 3.78. The summed E-state index contributed by atoms with van der Waals surface area (Å²) >= 11 is 0. The highest BCUT2D eigenvalue weighted by Gasteiger charge is 2.38. The number of aromatic nitrogens is 2. The normalized spacial score (nSPS) is 23.8. The number of benzene rings is 1. The monoisotopic (exact) mass is 338 g/mol. The van der Waals surface area contributed by atoms with Crippen LogP contribution in [0.5, 0.6) is 0 Å². The Bertz CT molecular complexity index is 750. The summed E-state index contributed by atoms with van der Waals surface area (Å²) in [5.74, 6) is 0.488. The van der Waals surface area contributed by atoms with Crippen LogP contribution in [0, 0.1) is 12.8 Å². The first-order chi connectivity index (χ1) is 12.1. The predicted octanol–water partition coefficient (Wildman–Crippen LogP) is 2.45. The Morgan fingerprint density at radius 3 is 2.72 bits per heavy atom. The van der Waals surface area contributed by atoms with Crippen LogP contribution in [0.1, 0.15) is 41.5 Å². The number of amides is 1. The van der Waals surface area contributed by atoms with Gasteiger partial charge in [-0.15, -0.1) is 0 Å². The Hall–Kier alpha value is -2.14. The van der Waals surface area contributed by atoms with Gasteiger partial charge < -0.3 is 5.32 Å². The smallest absolute Gasteiger partial charge is 0.269 e. The quantitative estimate of drug-likeness (QED) is 0.911. The van der Waals surface area contributed by atoms with Gasteiger partial charge in [-0.1, -0.05) is 37.3 Å². The molecule has 2 atom stereocenters. The lowest BCUT2D eigenvalue weighted by molar-refractivity contribution is 0.0921. The molecule has 2 fully saturated rings. The number of nitrogens with zero attached hydrogens (tertiary/aromatic N) is 3. The molecule has 0 unspecified atom stereocenters. The Morgan fingerprint density at radius 2 is 2.00 bits per heavy atom. The Morgan fingerprint density at radius 1 is 1.24 bits per heavy atom. The lowest BCUT2D eigenvalue weighted by Gasteiger charge is -2.17. The average molecular weight is 338 g/mol. The van der Waals surface area contributed by atoms with E-state index >= 15 is 0 Å². The second-order valence-electron chi connectivity index (χ2n) is 7.56. The zero-order valence-corrected chi connectivity index (χ0v) is 15.0. The van der Waals surface area contributed by atoms with Crippen molar-refractivity contribution in [2.45, 2.75) is 45.3 Å². The summed E-state index contributed by atoms with van der Waals surface area (Å²) < 4.78 is 1.82. The molecule has 0 spiro atoms. The van der Waals surface area contributed by atoms with Crippen molar-refractivity contribution in [2.75, 3.05) is 13.1 Å². The number of hydrogen-bond acceptors (Lipinski definition) is 3. The third kappa shape index (κ3) is 3.61. The number of nitrogens with one attached hydrogen (secondary N) is 1. The maximum atomic E-state index is 12.9. The van der Waals surface area contributed by atoms with Gasteiger partial charge in [-0.25, -0.2) is 0 Å². The summed E-state index contributed by atoms with van der Waals surface area (Å²) in [5, 5.41) is 7.77. The molecule has 1 aliphatic heterocycles. The summed E-state index contributed by atoms with van der Waals surface area (Å²) in [6.07, 6.45) is 2.63. The fourth-order valence-electron chi connectivity index (χ4n) is 3.78. The molecular formula is C20H26N4O. The molecule has 2 aromatic rings. The Labute approximate surface area is 149 Å². The molecule has 0 bridgehead atoms. The van der Waals surface area contributed by atoms with Gasteiger partial charge in [0, 0.05) is 25.2 Å². The van der Waals surface area contributed by atoms with E-state index < -0.39 is 0 Å². The van der Waals surface area contributed by atoms with Crippen LogP contribution in [0.25, 0.3) is 0 Å². The summed E-state index contributed by atoms with van der Waals surface area (Å²) in [5.41, 5.74) is 2.67. The van der Waals surface area contributed by atoms with E-state index in [1.807, 2.05) is 35.9 Å². The second-order valence-corrected chi connectivity index (χ2v) is 7.56. The molecule has 1 saturated heterocycles.